The van der Waals surface area contributed by atoms with Gasteiger partial charge in [0, 0.05) is 15.6 Å². The molecule has 0 aliphatic carbocycles. The molecule has 0 saturated carbocycles. The molecular formula is C16H13ClN2OS2. The van der Waals surface area contributed by atoms with Crippen LogP contribution in [-0.4, -0.2) is 10.9 Å². The van der Waals surface area contributed by atoms with Gasteiger partial charge in [-0.1, -0.05) is 23.7 Å². The van der Waals surface area contributed by atoms with Crippen molar-refractivity contribution in [2.24, 2.45) is 0 Å². The number of aromatic nitrogens is 1. The van der Waals surface area contributed by atoms with Gasteiger partial charge in [-0.3, -0.25) is 4.79 Å². The molecule has 1 amide bonds. The topological polar surface area (TPSA) is 42.0 Å². The molecule has 1 N–H and O–H groups in total. The predicted molar refractivity (Wildman–Crippen MR) is 93.9 cm³/mol. The average molecular weight is 349 g/mol. The lowest BCUT2D eigenvalue weighted by molar-refractivity contribution is -0.115. The predicted octanol–water partition coefficient (Wildman–Crippen LogP) is 5.01. The highest BCUT2D eigenvalue weighted by Gasteiger charge is 2.15. The molecule has 0 radical (unpaired) electrons. The van der Waals surface area contributed by atoms with Crippen molar-refractivity contribution in [2.75, 3.05) is 5.32 Å². The zero-order valence-electron chi connectivity index (χ0n) is 11.8. The first-order chi connectivity index (χ1) is 10.6. The van der Waals surface area contributed by atoms with Crippen LogP contribution in [0.1, 0.15) is 9.88 Å². The number of nitrogens with zero attached hydrogens (tertiary/aromatic N) is 1. The normalized spacial score (nSPS) is 10.6. The van der Waals surface area contributed by atoms with Gasteiger partial charge >= 0.3 is 0 Å². The molecular weight excluding hydrogens is 336 g/mol. The van der Waals surface area contributed by atoms with E-state index < -0.39 is 0 Å². The van der Waals surface area contributed by atoms with Gasteiger partial charge in [0.05, 0.1) is 22.0 Å². The lowest BCUT2D eigenvalue weighted by Gasteiger charge is -2.05. The zero-order valence-corrected chi connectivity index (χ0v) is 14.2. The number of nitrogens with one attached hydrogen (secondary N) is 1. The van der Waals surface area contributed by atoms with Crippen LogP contribution >= 0.6 is 34.3 Å². The van der Waals surface area contributed by atoms with E-state index in [0.29, 0.717) is 17.1 Å². The molecule has 0 unspecified atom stereocenters. The molecule has 6 heteroatoms. The SMILES string of the molecule is Cc1nc(-c2cccs2)c(CC(=O)Nc2cccc(Cl)c2)s1. The number of rotatable bonds is 4. The maximum atomic E-state index is 12.3. The molecule has 0 fully saturated rings. The third-order valence-electron chi connectivity index (χ3n) is 2.99. The summed E-state index contributed by atoms with van der Waals surface area (Å²) >= 11 is 9.12. The number of carbonyl (C=O) groups is 1. The second-order valence-corrected chi connectivity index (χ2v) is 7.39. The van der Waals surface area contributed by atoms with E-state index in [9.17, 15) is 4.79 Å². The lowest BCUT2D eigenvalue weighted by atomic mass is 10.2. The second kappa shape index (κ2) is 6.60. The van der Waals surface area contributed by atoms with E-state index in [1.807, 2.05) is 36.6 Å². The monoisotopic (exact) mass is 348 g/mol. The average Bonchev–Trinajstić information content (AvgIpc) is 3.08. The summed E-state index contributed by atoms with van der Waals surface area (Å²) in [5.41, 5.74) is 1.62. The fourth-order valence-electron chi connectivity index (χ4n) is 2.11. The summed E-state index contributed by atoms with van der Waals surface area (Å²) < 4.78 is 0. The molecule has 3 rings (SSSR count). The molecule has 0 aliphatic heterocycles. The zero-order chi connectivity index (χ0) is 15.5. The molecule has 0 spiro atoms. The Morgan fingerprint density at radius 3 is 2.91 bits per heavy atom. The van der Waals surface area contributed by atoms with Gasteiger partial charge in [0.25, 0.3) is 0 Å². The molecule has 3 aromatic rings. The van der Waals surface area contributed by atoms with E-state index in [0.717, 1.165) is 20.5 Å². The van der Waals surface area contributed by atoms with Crippen LogP contribution in [0.4, 0.5) is 5.69 Å². The first-order valence-electron chi connectivity index (χ1n) is 6.67. The number of hydrogen-bond acceptors (Lipinski definition) is 4. The van der Waals surface area contributed by atoms with E-state index in [1.165, 1.54) is 0 Å². The molecule has 0 bridgehead atoms. The standard InChI is InChI=1S/C16H13ClN2OS2/c1-10-18-16(13-6-3-7-21-13)14(22-10)9-15(20)19-12-5-2-4-11(17)8-12/h2-8H,9H2,1H3,(H,19,20). The van der Waals surface area contributed by atoms with Crippen molar-refractivity contribution in [3.05, 3.63) is 56.7 Å². The van der Waals surface area contributed by atoms with Crippen molar-refractivity contribution in [3.63, 3.8) is 0 Å². The van der Waals surface area contributed by atoms with Crippen LogP contribution in [0, 0.1) is 6.92 Å². The third kappa shape index (κ3) is 3.55. The molecule has 0 aliphatic rings. The van der Waals surface area contributed by atoms with Gasteiger partial charge in [0.1, 0.15) is 0 Å². The minimum absolute atomic E-state index is 0.0660. The molecule has 1 aromatic carbocycles. The summed E-state index contributed by atoms with van der Waals surface area (Å²) in [5, 5.41) is 6.45. The number of benzene rings is 1. The van der Waals surface area contributed by atoms with E-state index in [1.54, 1.807) is 34.8 Å². The molecule has 112 valence electrons. The van der Waals surface area contributed by atoms with Gasteiger partial charge in [-0.05, 0) is 36.6 Å². The second-order valence-electron chi connectivity index (χ2n) is 4.72. The van der Waals surface area contributed by atoms with Crippen molar-refractivity contribution < 1.29 is 4.79 Å². The number of hydrogen-bond donors (Lipinski definition) is 1. The lowest BCUT2D eigenvalue weighted by Crippen LogP contribution is -2.14. The highest BCUT2D eigenvalue weighted by molar-refractivity contribution is 7.15. The van der Waals surface area contributed by atoms with Crippen molar-refractivity contribution in [1.82, 2.24) is 4.98 Å². The Balaban J connectivity index is 1.77. The van der Waals surface area contributed by atoms with E-state index in [4.69, 9.17) is 11.6 Å². The summed E-state index contributed by atoms with van der Waals surface area (Å²) in [4.78, 5) is 18.9. The molecule has 22 heavy (non-hydrogen) atoms. The fraction of sp³-hybridized carbons (Fsp3) is 0.125. The number of anilines is 1. The van der Waals surface area contributed by atoms with Gasteiger partial charge in [-0.25, -0.2) is 4.98 Å². The first kappa shape index (κ1) is 15.2. The Morgan fingerprint density at radius 2 is 2.18 bits per heavy atom. The highest BCUT2D eigenvalue weighted by Crippen LogP contribution is 2.31. The molecule has 2 aromatic heterocycles. The summed E-state index contributed by atoms with van der Waals surface area (Å²) in [6, 6.07) is 11.2. The Labute approximate surface area is 141 Å². The van der Waals surface area contributed by atoms with Gasteiger partial charge in [0.2, 0.25) is 5.91 Å². The maximum absolute atomic E-state index is 12.3. The van der Waals surface area contributed by atoms with E-state index in [-0.39, 0.29) is 5.91 Å². The van der Waals surface area contributed by atoms with Crippen LogP contribution in [0.15, 0.2) is 41.8 Å². The van der Waals surface area contributed by atoms with Crippen molar-refractivity contribution in [1.29, 1.82) is 0 Å². The Morgan fingerprint density at radius 1 is 1.32 bits per heavy atom. The minimum Gasteiger partial charge on any atom is -0.326 e. The maximum Gasteiger partial charge on any atom is 0.229 e. The Hall–Kier alpha value is -1.69. The molecule has 2 heterocycles. The van der Waals surface area contributed by atoms with Crippen molar-refractivity contribution in [2.45, 2.75) is 13.3 Å². The Kier molecular flexibility index (Phi) is 4.57. The molecule has 0 saturated heterocycles. The van der Waals surface area contributed by atoms with Gasteiger partial charge < -0.3 is 5.32 Å². The summed E-state index contributed by atoms with van der Waals surface area (Å²) in [6.07, 6.45) is 0.311. The highest BCUT2D eigenvalue weighted by atomic mass is 35.5. The van der Waals surface area contributed by atoms with E-state index >= 15 is 0 Å². The van der Waals surface area contributed by atoms with E-state index in [2.05, 4.69) is 10.3 Å². The number of carbonyl (C=O) groups excluding carboxylic acids is 1. The summed E-state index contributed by atoms with van der Waals surface area (Å²) in [7, 11) is 0. The minimum atomic E-state index is -0.0660. The van der Waals surface area contributed by atoms with Crippen LogP contribution in [0.5, 0.6) is 0 Å². The number of amides is 1. The van der Waals surface area contributed by atoms with Crippen molar-refractivity contribution >= 4 is 45.9 Å². The van der Waals surface area contributed by atoms with Gasteiger partial charge in [-0.2, -0.15) is 0 Å². The molecule has 0 atom stereocenters. The first-order valence-corrected chi connectivity index (χ1v) is 8.75. The largest absolute Gasteiger partial charge is 0.326 e. The number of aryl methyl sites for hydroxylation is 1. The van der Waals surface area contributed by atoms with Crippen LogP contribution < -0.4 is 5.32 Å². The van der Waals surface area contributed by atoms with Crippen molar-refractivity contribution in [3.8, 4) is 10.6 Å². The van der Waals surface area contributed by atoms with Crippen LogP contribution in [-0.2, 0) is 11.2 Å². The number of thiophene rings is 1. The van der Waals surface area contributed by atoms with Gasteiger partial charge in [-0.15, -0.1) is 22.7 Å². The number of thiazole rings is 1. The van der Waals surface area contributed by atoms with Crippen LogP contribution in [0.25, 0.3) is 10.6 Å². The quantitative estimate of drug-likeness (QED) is 0.719. The van der Waals surface area contributed by atoms with Crippen LogP contribution in [0.2, 0.25) is 5.02 Å². The molecule has 3 nitrogen and oxygen atoms in total. The van der Waals surface area contributed by atoms with Gasteiger partial charge in [0.15, 0.2) is 0 Å². The fourth-order valence-corrected chi connectivity index (χ4v) is 4.06. The Bertz CT molecular complexity index is 796. The third-order valence-corrected chi connectivity index (χ3v) is 5.07. The smallest absolute Gasteiger partial charge is 0.229 e. The van der Waals surface area contributed by atoms with Crippen LogP contribution in [0.3, 0.4) is 0 Å². The summed E-state index contributed by atoms with van der Waals surface area (Å²) in [5.74, 6) is -0.0660. The summed E-state index contributed by atoms with van der Waals surface area (Å²) in [6.45, 7) is 1.96. The number of halogens is 1.